The fraction of sp³-hybridized carbons (Fsp3) is 0.391. The van der Waals surface area contributed by atoms with Gasteiger partial charge in [0.15, 0.2) is 0 Å². The Morgan fingerprint density at radius 2 is 1.82 bits per heavy atom. The van der Waals surface area contributed by atoms with Crippen LogP contribution < -0.4 is 9.80 Å². The molecule has 0 aliphatic carbocycles. The lowest BCUT2D eigenvalue weighted by molar-refractivity contribution is 0.112. The molecule has 0 unspecified atom stereocenters. The first kappa shape index (κ1) is 18.8. The van der Waals surface area contributed by atoms with Crippen molar-refractivity contribution in [1.82, 2.24) is 0 Å². The van der Waals surface area contributed by atoms with Gasteiger partial charge in [0.25, 0.3) is 0 Å². The van der Waals surface area contributed by atoms with Crippen molar-refractivity contribution in [2.45, 2.75) is 32.2 Å². The van der Waals surface area contributed by atoms with Gasteiger partial charge in [-0.1, -0.05) is 11.6 Å². The van der Waals surface area contributed by atoms with Crippen LogP contribution in [0.1, 0.15) is 42.1 Å². The largest absolute Gasteiger partial charge is 0.371 e. The highest BCUT2D eigenvalue weighted by molar-refractivity contribution is 6.32. The van der Waals surface area contributed by atoms with Crippen molar-refractivity contribution < 1.29 is 4.79 Å². The third-order valence-electron chi connectivity index (χ3n) is 6.39. The van der Waals surface area contributed by atoms with Gasteiger partial charge in [-0.2, -0.15) is 5.26 Å². The second kappa shape index (κ2) is 7.48. The van der Waals surface area contributed by atoms with Crippen molar-refractivity contribution in [2.75, 3.05) is 29.4 Å². The van der Waals surface area contributed by atoms with Gasteiger partial charge in [0.1, 0.15) is 12.4 Å². The molecule has 0 aromatic heterocycles. The molecule has 4 rings (SSSR count). The summed E-state index contributed by atoms with van der Waals surface area (Å²) in [6, 6.07) is 16.2. The quantitative estimate of drug-likeness (QED) is 0.695. The van der Waals surface area contributed by atoms with E-state index in [-0.39, 0.29) is 0 Å². The molecule has 1 spiro atoms. The summed E-state index contributed by atoms with van der Waals surface area (Å²) in [5.74, 6) is 0. The summed E-state index contributed by atoms with van der Waals surface area (Å²) in [6.07, 6.45) is 4.39. The minimum atomic E-state index is 0.332. The van der Waals surface area contributed by atoms with Crippen LogP contribution in [0.2, 0.25) is 5.02 Å². The van der Waals surface area contributed by atoms with Crippen molar-refractivity contribution in [1.29, 1.82) is 5.26 Å². The number of carbonyl (C=O) groups excluding carboxylic acids is 1. The number of rotatable bonds is 3. The van der Waals surface area contributed by atoms with E-state index in [0.29, 0.717) is 22.0 Å². The van der Waals surface area contributed by atoms with Crippen LogP contribution in [0.25, 0.3) is 0 Å². The maximum atomic E-state index is 10.9. The van der Waals surface area contributed by atoms with Crippen molar-refractivity contribution in [3.05, 3.63) is 58.6 Å². The van der Waals surface area contributed by atoms with Crippen LogP contribution in [-0.4, -0.2) is 32.0 Å². The van der Waals surface area contributed by atoms with Gasteiger partial charge in [-0.05, 0) is 74.1 Å². The Labute approximate surface area is 171 Å². The second-order valence-electron chi connectivity index (χ2n) is 8.15. The maximum Gasteiger partial charge on any atom is 0.150 e. The topological polar surface area (TPSA) is 47.3 Å². The minimum Gasteiger partial charge on any atom is -0.371 e. The van der Waals surface area contributed by atoms with Gasteiger partial charge in [-0.15, -0.1) is 0 Å². The molecular weight excluding hydrogens is 370 g/mol. The summed E-state index contributed by atoms with van der Waals surface area (Å²) in [4.78, 5) is 15.7. The molecule has 2 aliphatic heterocycles. The molecule has 0 radical (unpaired) electrons. The van der Waals surface area contributed by atoms with Gasteiger partial charge in [-0.25, -0.2) is 0 Å². The summed E-state index contributed by atoms with van der Waals surface area (Å²) in [5, 5.41) is 9.63. The third-order valence-corrected chi connectivity index (χ3v) is 6.70. The molecule has 28 heavy (non-hydrogen) atoms. The summed E-state index contributed by atoms with van der Waals surface area (Å²) < 4.78 is 0. The van der Waals surface area contributed by atoms with Gasteiger partial charge in [-0.3, -0.25) is 4.79 Å². The summed E-state index contributed by atoms with van der Waals surface area (Å²) >= 11 is 6.26. The maximum absolute atomic E-state index is 10.9. The number of piperidine rings is 1. The minimum absolute atomic E-state index is 0.332. The molecule has 144 valence electrons. The van der Waals surface area contributed by atoms with E-state index >= 15 is 0 Å². The standard InChI is InChI=1S/C23H24ClN3O/c1-17-13-23(16-27(17)21-7-4-19(14-25)22(24)12-21)8-10-26(11-9-23)20-5-2-18(15-28)3-6-20/h2-7,12,15,17H,8-11,13,16H2,1H3/t17-/m0/s1. The van der Waals surface area contributed by atoms with Crippen LogP contribution in [0.15, 0.2) is 42.5 Å². The number of hydrogen-bond donors (Lipinski definition) is 0. The van der Waals surface area contributed by atoms with Gasteiger partial charge in [0.05, 0.1) is 10.6 Å². The van der Waals surface area contributed by atoms with Crippen LogP contribution in [-0.2, 0) is 0 Å². The Morgan fingerprint density at radius 1 is 1.14 bits per heavy atom. The highest BCUT2D eigenvalue weighted by Gasteiger charge is 2.44. The van der Waals surface area contributed by atoms with Crippen molar-refractivity contribution in [2.24, 2.45) is 5.41 Å². The normalized spacial score (nSPS) is 21.0. The molecule has 5 heteroatoms. The number of carbonyl (C=O) groups is 1. The molecule has 2 aromatic rings. The zero-order chi connectivity index (χ0) is 19.7. The molecule has 0 amide bonds. The predicted molar refractivity (Wildman–Crippen MR) is 113 cm³/mol. The molecule has 4 nitrogen and oxygen atoms in total. The van der Waals surface area contributed by atoms with E-state index in [9.17, 15) is 4.79 Å². The van der Waals surface area contributed by atoms with E-state index in [2.05, 4.69) is 22.8 Å². The number of aldehydes is 1. The second-order valence-corrected chi connectivity index (χ2v) is 8.56. The van der Waals surface area contributed by atoms with E-state index in [1.54, 1.807) is 0 Å². The van der Waals surface area contributed by atoms with Crippen molar-refractivity contribution >= 4 is 29.3 Å². The summed E-state index contributed by atoms with van der Waals surface area (Å²) in [7, 11) is 0. The Balaban J connectivity index is 1.45. The lowest BCUT2D eigenvalue weighted by Crippen LogP contribution is -2.41. The van der Waals surface area contributed by atoms with Gasteiger partial charge in [0, 0.05) is 42.6 Å². The summed E-state index contributed by atoms with van der Waals surface area (Å²) in [6.45, 7) is 5.39. The van der Waals surface area contributed by atoms with Crippen LogP contribution in [0.3, 0.4) is 0 Å². The Hall–Kier alpha value is -2.51. The van der Waals surface area contributed by atoms with Gasteiger partial charge >= 0.3 is 0 Å². The lowest BCUT2D eigenvalue weighted by atomic mass is 9.76. The van der Waals surface area contributed by atoms with Gasteiger partial charge < -0.3 is 9.80 Å². The zero-order valence-corrected chi connectivity index (χ0v) is 16.8. The number of nitriles is 1. The molecule has 2 saturated heterocycles. The van der Waals surface area contributed by atoms with E-state index in [1.165, 1.54) is 12.1 Å². The third kappa shape index (κ3) is 3.47. The van der Waals surface area contributed by atoms with Crippen LogP contribution in [0.5, 0.6) is 0 Å². The molecule has 2 fully saturated rings. The fourth-order valence-corrected chi connectivity index (χ4v) is 5.02. The van der Waals surface area contributed by atoms with Crippen molar-refractivity contribution in [3.63, 3.8) is 0 Å². The number of benzene rings is 2. The predicted octanol–water partition coefficient (Wildman–Crippen LogP) is 4.91. The molecule has 2 aliphatic rings. The molecular formula is C23H24ClN3O. The SMILES string of the molecule is C[C@H]1CC2(CCN(c3ccc(C=O)cc3)CC2)CN1c1ccc(C#N)c(Cl)c1. The average molecular weight is 394 g/mol. The number of nitrogens with zero attached hydrogens (tertiary/aromatic N) is 3. The Kier molecular flexibility index (Phi) is 5.03. The number of halogens is 1. The highest BCUT2D eigenvalue weighted by Crippen LogP contribution is 2.45. The first-order valence-corrected chi connectivity index (χ1v) is 10.2. The van der Waals surface area contributed by atoms with E-state index in [4.69, 9.17) is 16.9 Å². The van der Waals surface area contributed by atoms with Gasteiger partial charge in [0.2, 0.25) is 0 Å². The molecule has 0 bridgehead atoms. The molecule has 2 aromatic carbocycles. The lowest BCUT2D eigenvalue weighted by Gasteiger charge is -2.40. The van der Waals surface area contributed by atoms with Crippen molar-refractivity contribution in [3.8, 4) is 6.07 Å². The Bertz CT molecular complexity index is 910. The highest BCUT2D eigenvalue weighted by atomic mass is 35.5. The first-order valence-electron chi connectivity index (χ1n) is 9.80. The fourth-order valence-electron chi connectivity index (χ4n) is 4.80. The molecule has 1 atom stereocenters. The number of hydrogen-bond acceptors (Lipinski definition) is 4. The smallest absolute Gasteiger partial charge is 0.150 e. The first-order chi connectivity index (χ1) is 13.5. The molecule has 0 N–H and O–H groups in total. The molecule has 2 heterocycles. The monoisotopic (exact) mass is 393 g/mol. The average Bonchev–Trinajstić information content (AvgIpc) is 3.04. The zero-order valence-electron chi connectivity index (χ0n) is 16.1. The van der Waals surface area contributed by atoms with E-state index in [0.717, 1.165) is 50.0 Å². The van der Waals surface area contributed by atoms with Crippen LogP contribution in [0, 0.1) is 16.7 Å². The van der Waals surface area contributed by atoms with E-state index in [1.807, 2.05) is 42.5 Å². The Morgan fingerprint density at radius 3 is 2.43 bits per heavy atom. The van der Waals surface area contributed by atoms with E-state index < -0.39 is 0 Å². The molecule has 0 saturated carbocycles. The number of anilines is 2. The summed E-state index contributed by atoms with van der Waals surface area (Å²) in [5.41, 5.74) is 3.89. The van der Waals surface area contributed by atoms with Crippen LogP contribution >= 0.6 is 11.6 Å². The van der Waals surface area contributed by atoms with Crippen LogP contribution in [0.4, 0.5) is 11.4 Å².